The maximum absolute atomic E-state index is 12.8. The van der Waals surface area contributed by atoms with Gasteiger partial charge in [-0.2, -0.15) is 0 Å². The molecule has 0 spiro atoms. The maximum atomic E-state index is 12.8. The van der Waals surface area contributed by atoms with Crippen LogP contribution < -0.4 is 10.2 Å². The van der Waals surface area contributed by atoms with Gasteiger partial charge in [0.2, 0.25) is 0 Å². The van der Waals surface area contributed by atoms with Crippen LogP contribution in [-0.4, -0.2) is 39.5 Å². The number of halogens is 1. The van der Waals surface area contributed by atoms with Gasteiger partial charge < -0.3 is 10.1 Å². The summed E-state index contributed by atoms with van der Waals surface area (Å²) in [5.41, 5.74) is 0. The molecule has 0 heterocycles. The molecule has 0 saturated heterocycles. The predicted octanol–water partition coefficient (Wildman–Crippen LogP) is 1.03. The van der Waals surface area contributed by atoms with Crippen molar-refractivity contribution in [1.29, 1.82) is 0 Å². The van der Waals surface area contributed by atoms with Gasteiger partial charge in [-0.05, 0) is 37.1 Å². The Hall–Kier alpha value is -2.04. The van der Waals surface area contributed by atoms with Gasteiger partial charge in [0.1, 0.15) is 5.82 Å². The molecule has 0 atom stereocenters. The number of hydrogen-bond acceptors (Lipinski definition) is 6. The van der Waals surface area contributed by atoms with Crippen LogP contribution in [-0.2, 0) is 29.2 Å². The lowest BCUT2D eigenvalue weighted by Crippen LogP contribution is -2.39. The highest BCUT2D eigenvalue weighted by Gasteiger charge is 2.18. The Bertz CT molecular complexity index is 717. The molecule has 1 saturated carbocycles. The van der Waals surface area contributed by atoms with Crippen LogP contribution in [0, 0.1) is 5.82 Å². The zero-order chi connectivity index (χ0) is 19.0. The van der Waals surface area contributed by atoms with Gasteiger partial charge in [0.15, 0.2) is 13.2 Å². The quantitative estimate of drug-likeness (QED) is 0.508. The first-order valence-electron chi connectivity index (χ1n) is 8.21. The van der Waals surface area contributed by atoms with Gasteiger partial charge in [-0.25, -0.2) is 17.6 Å². The highest BCUT2D eigenvalue weighted by atomic mass is 32.2. The van der Waals surface area contributed by atoms with Crippen molar-refractivity contribution in [1.82, 2.24) is 10.2 Å². The van der Waals surface area contributed by atoms with E-state index in [0.717, 1.165) is 56.4 Å². The highest BCUT2D eigenvalue weighted by Crippen LogP contribution is 2.17. The molecule has 144 valence electrons. The van der Waals surface area contributed by atoms with E-state index in [0.29, 0.717) is 0 Å². The number of hydrogen-bond donors (Lipinski definition) is 2. The van der Waals surface area contributed by atoms with E-state index in [-0.39, 0.29) is 10.9 Å². The van der Waals surface area contributed by atoms with Crippen LogP contribution in [0.4, 0.5) is 4.39 Å². The van der Waals surface area contributed by atoms with Crippen LogP contribution in [0.5, 0.6) is 0 Å². The summed E-state index contributed by atoms with van der Waals surface area (Å²) in [7, 11) is -4.05. The average Bonchev–Trinajstić information content (AvgIpc) is 2.61. The Balaban J connectivity index is 1.66. The van der Waals surface area contributed by atoms with Crippen molar-refractivity contribution < 1.29 is 32.0 Å². The van der Waals surface area contributed by atoms with Crippen LogP contribution >= 0.6 is 0 Å². The van der Waals surface area contributed by atoms with Crippen molar-refractivity contribution in [2.75, 3.05) is 13.2 Å². The Kier molecular flexibility index (Phi) is 7.49. The Labute approximate surface area is 151 Å². The van der Waals surface area contributed by atoms with Crippen molar-refractivity contribution in [2.24, 2.45) is 0 Å². The lowest BCUT2D eigenvalue weighted by molar-refractivity contribution is -0.154. The third-order valence-corrected chi connectivity index (χ3v) is 5.05. The largest absolute Gasteiger partial charge is 0.454 e. The molecule has 26 heavy (non-hydrogen) atoms. The Morgan fingerprint density at radius 1 is 1.08 bits per heavy atom. The van der Waals surface area contributed by atoms with E-state index in [1.54, 1.807) is 4.89 Å². The number of rotatable bonds is 8. The van der Waals surface area contributed by atoms with Crippen LogP contribution in [0.15, 0.2) is 29.2 Å². The standard InChI is InChI=1S/C16H21FN2O6S/c17-12-6-8-14(9-7-12)26(22,23)19-25-11-16(21)24-10-15(20)18-13-4-2-1-3-5-13/h6-9,13,19H,1-5,10-11H2,(H,18,20). The fourth-order valence-electron chi connectivity index (χ4n) is 2.53. The van der Waals surface area contributed by atoms with Gasteiger partial charge >= 0.3 is 5.97 Å². The average molecular weight is 388 g/mol. The molecule has 2 rings (SSSR count). The zero-order valence-electron chi connectivity index (χ0n) is 14.1. The summed E-state index contributed by atoms with van der Waals surface area (Å²) in [6.07, 6.45) is 5.11. The third kappa shape index (κ3) is 6.70. The number of carbonyl (C=O) groups is 2. The second-order valence-corrected chi connectivity index (χ2v) is 7.54. The third-order valence-electron chi connectivity index (χ3n) is 3.82. The summed E-state index contributed by atoms with van der Waals surface area (Å²) >= 11 is 0. The van der Waals surface area contributed by atoms with Gasteiger partial charge in [-0.1, -0.05) is 24.1 Å². The van der Waals surface area contributed by atoms with Crippen molar-refractivity contribution >= 4 is 21.9 Å². The summed E-state index contributed by atoms with van der Waals surface area (Å²) in [6, 6.07) is 4.17. The number of sulfonamides is 1. The lowest BCUT2D eigenvalue weighted by Gasteiger charge is -2.22. The van der Waals surface area contributed by atoms with E-state index >= 15 is 0 Å². The molecule has 1 fully saturated rings. The van der Waals surface area contributed by atoms with Crippen molar-refractivity contribution in [3.63, 3.8) is 0 Å². The fraction of sp³-hybridized carbons (Fsp3) is 0.500. The normalized spacial score (nSPS) is 15.4. The second kappa shape index (κ2) is 9.60. The molecule has 1 aromatic carbocycles. The predicted molar refractivity (Wildman–Crippen MR) is 88.6 cm³/mol. The number of benzene rings is 1. The molecular weight excluding hydrogens is 367 g/mol. The van der Waals surface area contributed by atoms with Gasteiger partial charge in [0.05, 0.1) is 4.90 Å². The number of esters is 1. The van der Waals surface area contributed by atoms with Gasteiger partial charge in [0.25, 0.3) is 15.9 Å². The topological polar surface area (TPSA) is 111 Å². The van der Waals surface area contributed by atoms with Crippen LogP contribution in [0.2, 0.25) is 0 Å². The molecule has 0 aliphatic heterocycles. The molecule has 0 aromatic heterocycles. The first-order chi connectivity index (χ1) is 12.4. The summed E-state index contributed by atoms with van der Waals surface area (Å²) < 4.78 is 41.2. The summed E-state index contributed by atoms with van der Waals surface area (Å²) in [6.45, 7) is -1.17. The minimum atomic E-state index is -4.05. The first-order valence-corrected chi connectivity index (χ1v) is 9.69. The summed E-state index contributed by atoms with van der Waals surface area (Å²) in [4.78, 5) is 29.3. The Morgan fingerprint density at radius 2 is 1.73 bits per heavy atom. The highest BCUT2D eigenvalue weighted by molar-refractivity contribution is 7.89. The van der Waals surface area contributed by atoms with E-state index in [1.807, 2.05) is 0 Å². The molecule has 1 amide bonds. The van der Waals surface area contributed by atoms with Gasteiger partial charge in [-0.3, -0.25) is 9.63 Å². The van der Waals surface area contributed by atoms with E-state index in [9.17, 15) is 22.4 Å². The van der Waals surface area contributed by atoms with E-state index in [2.05, 4.69) is 10.2 Å². The van der Waals surface area contributed by atoms with E-state index in [4.69, 9.17) is 4.74 Å². The smallest absolute Gasteiger partial charge is 0.334 e. The second-order valence-electron chi connectivity index (χ2n) is 5.89. The SMILES string of the molecule is O=C(COC(=O)CONS(=O)(=O)c1ccc(F)cc1)NC1CCCCC1. The first kappa shape index (κ1) is 20.3. The molecule has 10 heteroatoms. The van der Waals surface area contributed by atoms with E-state index in [1.165, 1.54) is 0 Å². The van der Waals surface area contributed by atoms with Gasteiger partial charge in [0, 0.05) is 6.04 Å². The zero-order valence-corrected chi connectivity index (χ0v) is 14.9. The van der Waals surface area contributed by atoms with Gasteiger partial charge in [-0.15, -0.1) is 0 Å². The Morgan fingerprint density at radius 3 is 2.38 bits per heavy atom. The number of carbonyl (C=O) groups excluding carboxylic acids is 2. The molecule has 1 aliphatic carbocycles. The molecule has 0 unspecified atom stereocenters. The lowest BCUT2D eigenvalue weighted by atomic mass is 9.95. The molecule has 0 bridgehead atoms. The summed E-state index contributed by atoms with van der Waals surface area (Å²) in [5.74, 6) is -1.89. The summed E-state index contributed by atoms with van der Waals surface area (Å²) in [5, 5.41) is 2.78. The number of amides is 1. The van der Waals surface area contributed by atoms with Crippen LogP contribution in [0.3, 0.4) is 0 Å². The maximum Gasteiger partial charge on any atom is 0.334 e. The van der Waals surface area contributed by atoms with Crippen molar-refractivity contribution in [3.05, 3.63) is 30.1 Å². The fourth-order valence-corrected chi connectivity index (χ4v) is 3.34. The molecule has 0 radical (unpaired) electrons. The molecule has 1 aromatic rings. The number of ether oxygens (including phenoxy) is 1. The molecule has 1 aliphatic rings. The molecular formula is C16H21FN2O6S. The molecule has 8 nitrogen and oxygen atoms in total. The minimum Gasteiger partial charge on any atom is -0.454 e. The van der Waals surface area contributed by atoms with Crippen LogP contribution in [0.25, 0.3) is 0 Å². The minimum absolute atomic E-state index is 0.105. The number of nitrogens with one attached hydrogen (secondary N) is 2. The van der Waals surface area contributed by atoms with Crippen LogP contribution in [0.1, 0.15) is 32.1 Å². The van der Waals surface area contributed by atoms with E-state index < -0.39 is 40.9 Å². The monoisotopic (exact) mass is 388 g/mol. The van der Waals surface area contributed by atoms with Crippen molar-refractivity contribution in [2.45, 2.75) is 43.0 Å². The molecule has 2 N–H and O–H groups in total. The van der Waals surface area contributed by atoms with Crippen molar-refractivity contribution in [3.8, 4) is 0 Å².